The van der Waals surface area contributed by atoms with E-state index in [1.54, 1.807) is 6.07 Å². The monoisotopic (exact) mass is 326 g/mol. The van der Waals surface area contributed by atoms with Crippen LogP contribution < -0.4 is 4.74 Å². The van der Waals surface area contributed by atoms with Gasteiger partial charge in [0.25, 0.3) is 5.89 Å². The molecule has 2 rings (SSSR count). The fourth-order valence-corrected chi connectivity index (χ4v) is 2.17. The van der Waals surface area contributed by atoms with E-state index in [1.807, 2.05) is 12.1 Å². The van der Waals surface area contributed by atoms with Gasteiger partial charge >= 0.3 is 0 Å². The minimum absolute atomic E-state index is 0.0836. The molecule has 0 aliphatic heterocycles. The number of aliphatic hydroxyl groups is 1. The summed E-state index contributed by atoms with van der Waals surface area (Å²) in [6, 6.07) is 5.50. The molecule has 0 aliphatic carbocycles. The highest BCUT2D eigenvalue weighted by atomic mass is 79.9. The van der Waals surface area contributed by atoms with Crippen LogP contribution in [0.5, 0.6) is 5.75 Å². The van der Waals surface area contributed by atoms with Crippen LogP contribution in [0, 0.1) is 0 Å². The van der Waals surface area contributed by atoms with Crippen molar-refractivity contribution in [1.29, 1.82) is 0 Å². The summed E-state index contributed by atoms with van der Waals surface area (Å²) in [7, 11) is 0. The normalized spacial score (nSPS) is 10.7. The quantitative estimate of drug-likeness (QED) is 0.883. The molecule has 6 heteroatoms. The van der Waals surface area contributed by atoms with Gasteiger partial charge in [-0.05, 0) is 28.4 Å². The van der Waals surface area contributed by atoms with Crippen LogP contribution in [0.25, 0.3) is 0 Å². The Morgan fingerprint density at radius 1 is 1.42 bits per heavy atom. The number of hydrogen-bond donors (Lipinski definition) is 1. The van der Waals surface area contributed by atoms with Crippen molar-refractivity contribution in [1.82, 2.24) is 10.1 Å². The van der Waals surface area contributed by atoms with E-state index in [2.05, 4.69) is 33.0 Å². The maximum atomic E-state index is 9.26. The van der Waals surface area contributed by atoms with Gasteiger partial charge in [0.1, 0.15) is 5.75 Å². The summed E-state index contributed by atoms with van der Waals surface area (Å²) < 4.78 is 11.5. The fourth-order valence-electron chi connectivity index (χ4n) is 1.65. The lowest BCUT2D eigenvalue weighted by Gasteiger charge is -2.09. The standard InChI is InChI=1S/C13H15BrN2O3/c1-2-4-11-15-12(19-16-11)8-18-13-9(7-17)5-3-6-10(13)14/h3,5-6,17H,2,4,7-8H2,1H3. The number of halogens is 1. The summed E-state index contributed by atoms with van der Waals surface area (Å²) >= 11 is 3.39. The minimum atomic E-state index is -0.0836. The molecule has 1 aromatic heterocycles. The van der Waals surface area contributed by atoms with Gasteiger partial charge in [-0.3, -0.25) is 0 Å². The second-order valence-corrected chi connectivity index (χ2v) is 4.88. The van der Waals surface area contributed by atoms with E-state index in [9.17, 15) is 5.11 Å². The van der Waals surface area contributed by atoms with Crippen molar-refractivity contribution < 1.29 is 14.4 Å². The maximum Gasteiger partial charge on any atom is 0.264 e. The molecule has 2 aromatic rings. The lowest BCUT2D eigenvalue weighted by molar-refractivity contribution is 0.227. The third-order valence-corrected chi connectivity index (χ3v) is 3.17. The zero-order valence-electron chi connectivity index (χ0n) is 10.6. The molecule has 1 N–H and O–H groups in total. The first-order valence-corrected chi connectivity index (χ1v) is 6.86. The highest BCUT2D eigenvalue weighted by Crippen LogP contribution is 2.29. The largest absolute Gasteiger partial charge is 0.482 e. The van der Waals surface area contributed by atoms with Crippen molar-refractivity contribution >= 4 is 15.9 Å². The van der Waals surface area contributed by atoms with Crippen LogP contribution >= 0.6 is 15.9 Å². The summed E-state index contributed by atoms with van der Waals surface area (Å²) in [6.07, 6.45) is 1.76. The first-order chi connectivity index (χ1) is 9.24. The number of hydrogen-bond acceptors (Lipinski definition) is 5. The number of ether oxygens (including phenoxy) is 1. The maximum absolute atomic E-state index is 9.26. The number of aliphatic hydroxyl groups excluding tert-OH is 1. The topological polar surface area (TPSA) is 68.4 Å². The summed E-state index contributed by atoms with van der Waals surface area (Å²) in [4.78, 5) is 4.22. The Bertz CT molecular complexity index is 542. The van der Waals surface area contributed by atoms with E-state index in [-0.39, 0.29) is 13.2 Å². The molecule has 0 atom stereocenters. The average Bonchev–Trinajstić information content (AvgIpc) is 2.85. The summed E-state index contributed by atoms with van der Waals surface area (Å²) in [6.45, 7) is 2.16. The predicted molar refractivity (Wildman–Crippen MR) is 72.7 cm³/mol. The molecule has 0 bridgehead atoms. The number of benzene rings is 1. The van der Waals surface area contributed by atoms with Crippen molar-refractivity contribution in [3.8, 4) is 5.75 Å². The zero-order valence-corrected chi connectivity index (χ0v) is 12.2. The highest BCUT2D eigenvalue weighted by Gasteiger charge is 2.10. The Balaban J connectivity index is 2.05. The lowest BCUT2D eigenvalue weighted by Crippen LogP contribution is -2.00. The van der Waals surface area contributed by atoms with Crippen molar-refractivity contribution in [2.75, 3.05) is 0 Å². The van der Waals surface area contributed by atoms with Crippen molar-refractivity contribution in [3.63, 3.8) is 0 Å². The van der Waals surface area contributed by atoms with E-state index in [4.69, 9.17) is 9.26 Å². The number of aryl methyl sites for hydroxylation is 1. The van der Waals surface area contributed by atoms with Crippen molar-refractivity contribution in [3.05, 3.63) is 40.0 Å². The number of para-hydroxylation sites is 1. The van der Waals surface area contributed by atoms with Crippen LogP contribution in [0.4, 0.5) is 0 Å². The van der Waals surface area contributed by atoms with Crippen LogP contribution in [0.2, 0.25) is 0 Å². The second kappa shape index (κ2) is 6.68. The van der Waals surface area contributed by atoms with Gasteiger partial charge in [-0.25, -0.2) is 0 Å². The van der Waals surface area contributed by atoms with Gasteiger partial charge in [-0.15, -0.1) is 0 Å². The van der Waals surface area contributed by atoms with Gasteiger partial charge in [0.2, 0.25) is 0 Å². The summed E-state index contributed by atoms with van der Waals surface area (Å²) in [5.74, 6) is 1.72. The molecule has 0 spiro atoms. The molecule has 1 heterocycles. The van der Waals surface area contributed by atoms with Gasteiger partial charge in [0, 0.05) is 12.0 Å². The van der Waals surface area contributed by atoms with E-state index in [1.165, 1.54) is 0 Å². The molecule has 102 valence electrons. The van der Waals surface area contributed by atoms with E-state index >= 15 is 0 Å². The second-order valence-electron chi connectivity index (χ2n) is 4.03. The van der Waals surface area contributed by atoms with E-state index in [0.29, 0.717) is 23.0 Å². The van der Waals surface area contributed by atoms with Crippen molar-refractivity contribution in [2.45, 2.75) is 33.0 Å². The molecule has 0 fully saturated rings. The van der Waals surface area contributed by atoms with E-state index < -0.39 is 0 Å². The summed E-state index contributed by atoms with van der Waals surface area (Å²) in [5, 5.41) is 13.1. The SMILES string of the molecule is CCCc1noc(COc2c(Br)cccc2CO)n1. The Morgan fingerprint density at radius 2 is 2.26 bits per heavy atom. The third kappa shape index (κ3) is 3.54. The van der Waals surface area contributed by atoms with Crippen LogP contribution in [0.1, 0.15) is 30.6 Å². The molecule has 0 aliphatic rings. The smallest absolute Gasteiger partial charge is 0.264 e. The molecule has 1 aromatic carbocycles. The number of aromatic nitrogens is 2. The number of rotatable bonds is 6. The number of nitrogens with zero attached hydrogens (tertiary/aromatic N) is 2. The van der Waals surface area contributed by atoms with Gasteiger partial charge in [-0.1, -0.05) is 24.2 Å². The molecule has 0 saturated heterocycles. The van der Waals surface area contributed by atoms with Gasteiger partial charge in [-0.2, -0.15) is 4.98 Å². The van der Waals surface area contributed by atoms with Crippen LogP contribution in [-0.4, -0.2) is 15.2 Å². The Morgan fingerprint density at radius 3 is 3.00 bits per heavy atom. The minimum Gasteiger partial charge on any atom is -0.482 e. The van der Waals surface area contributed by atoms with E-state index in [0.717, 1.165) is 17.3 Å². The molecule has 0 saturated carbocycles. The molecule has 0 unspecified atom stereocenters. The zero-order chi connectivity index (χ0) is 13.7. The van der Waals surface area contributed by atoms with Gasteiger partial charge < -0.3 is 14.4 Å². The first-order valence-electron chi connectivity index (χ1n) is 6.07. The Labute approximate surface area is 119 Å². The average molecular weight is 327 g/mol. The Kier molecular flexibility index (Phi) is 4.93. The first kappa shape index (κ1) is 14.0. The van der Waals surface area contributed by atoms with Crippen LogP contribution in [-0.2, 0) is 19.6 Å². The molecular formula is C13H15BrN2O3. The molecule has 0 radical (unpaired) electrons. The summed E-state index contributed by atoms with van der Waals surface area (Å²) in [5.41, 5.74) is 0.711. The van der Waals surface area contributed by atoms with Crippen molar-refractivity contribution in [2.24, 2.45) is 0 Å². The van der Waals surface area contributed by atoms with Gasteiger partial charge in [0.05, 0.1) is 11.1 Å². The molecule has 19 heavy (non-hydrogen) atoms. The predicted octanol–water partition coefficient (Wildman–Crippen LogP) is 2.86. The fraction of sp³-hybridized carbons (Fsp3) is 0.385. The lowest BCUT2D eigenvalue weighted by atomic mass is 10.2. The molecular weight excluding hydrogens is 312 g/mol. The Hall–Kier alpha value is -1.40. The molecule has 0 amide bonds. The molecule has 5 nitrogen and oxygen atoms in total. The third-order valence-electron chi connectivity index (χ3n) is 2.54. The van der Waals surface area contributed by atoms with Gasteiger partial charge in [0.15, 0.2) is 12.4 Å². The van der Waals surface area contributed by atoms with Crippen LogP contribution in [0.15, 0.2) is 27.2 Å². The highest BCUT2D eigenvalue weighted by molar-refractivity contribution is 9.10. The van der Waals surface area contributed by atoms with Crippen LogP contribution in [0.3, 0.4) is 0 Å².